The fraction of sp³-hybridized carbons (Fsp3) is 0. The summed E-state index contributed by atoms with van der Waals surface area (Å²) in [5, 5.41) is 12.9. The lowest BCUT2D eigenvalue weighted by atomic mass is 10.5. The Labute approximate surface area is 64.9 Å². The van der Waals surface area contributed by atoms with Crippen LogP contribution >= 0.6 is 27.3 Å². The highest BCUT2D eigenvalue weighted by molar-refractivity contribution is 9.10. The van der Waals surface area contributed by atoms with Crippen LogP contribution in [0, 0.1) is 0 Å². The van der Waals surface area contributed by atoms with E-state index in [9.17, 15) is 0 Å². The lowest BCUT2D eigenvalue weighted by Gasteiger charge is -1.74. The van der Waals surface area contributed by atoms with E-state index in [4.69, 9.17) is 5.21 Å². The van der Waals surface area contributed by atoms with E-state index >= 15 is 0 Å². The van der Waals surface area contributed by atoms with Gasteiger partial charge in [0.25, 0.3) is 0 Å². The molecule has 0 unspecified atom stereocenters. The van der Waals surface area contributed by atoms with E-state index in [0.29, 0.717) is 0 Å². The standard InChI is InChI=1S/C5H4BrNOS/c6-4-1-5(2-7-8)9-3-4/h1-3,8H/b7-2+. The molecule has 1 aromatic heterocycles. The van der Waals surface area contributed by atoms with Gasteiger partial charge in [-0.25, -0.2) is 0 Å². The molecule has 2 nitrogen and oxygen atoms in total. The second kappa shape index (κ2) is 2.98. The van der Waals surface area contributed by atoms with Crippen molar-refractivity contribution in [3.05, 3.63) is 20.8 Å². The third-order valence-corrected chi connectivity index (χ3v) is 2.40. The van der Waals surface area contributed by atoms with Crippen LogP contribution in [0.4, 0.5) is 0 Å². The van der Waals surface area contributed by atoms with E-state index in [-0.39, 0.29) is 0 Å². The van der Waals surface area contributed by atoms with E-state index in [1.165, 1.54) is 17.6 Å². The summed E-state index contributed by atoms with van der Waals surface area (Å²) in [6.07, 6.45) is 1.40. The van der Waals surface area contributed by atoms with Gasteiger partial charge in [0, 0.05) is 14.7 Å². The molecule has 48 valence electrons. The Morgan fingerprint density at radius 2 is 2.56 bits per heavy atom. The second-order valence-corrected chi connectivity index (χ2v) is 3.27. The van der Waals surface area contributed by atoms with Crippen molar-refractivity contribution in [2.24, 2.45) is 5.16 Å². The van der Waals surface area contributed by atoms with E-state index in [1.807, 2.05) is 11.4 Å². The minimum atomic E-state index is 0.935. The average Bonchev–Trinajstić information content (AvgIpc) is 2.17. The summed E-state index contributed by atoms with van der Waals surface area (Å²) in [4.78, 5) is 0.935. The Balaban J connectivity index is 2.85. The molecule has 0 aliphatic carbocycles. The fourth-order valence-electron chi connectivity index (χ4n) is 0.453. The Morgan fingerprint density at radius 3 is 3.00 bits per heavy atom. The summed E-state index contributed by atoms with van der Waals surface area (Å²) in [6, 6.07) is 1.88. The maximum absolute atomic E-state index is 8.09. The molecule has 4 heteroatoms. The van der Waals surface area contributed by atoms with Crippen LogP contribution in [0.2, 0.25) is 0 Å². The molecule has 0 aromatic carbocycles. The van der Waals surface area contributed by atoms with Crippen LogP contribution in [-0.2, 0) is 0 Å². The predicted octanol–water partition coefficient (Wildman–Crippen LogP) is 2.32. The Morgan fingerprint density at radius 1 is 1.78 bits per heavy atom. The summed E-state index contributed by atoms with van der Waals surface area (Å²) in [5.74, 6) is 0. The van der Waals surface area contributed by atoms with Gasteiger partial charge in [-0.3, -0.25) is 0 Å². The molecular formula is C5H4BrNOS. The number of hydrogen-bond acceptors (Lipinski definition) is 3. The summed E-state index contributed by atoms with van der Waals surface area (Å²) in [7, 11) is 0. The van der Waals surface area contributed by atoms with Gasteiger partial charge >= 0.3 is 0 Å². The molecule has 0 spiro atoms. The highest BCUT2D eigenvalue weighted by Crippen LogP contribution is 2.17. The first-order valence-electron chi connectivity index (χ1n) is 2.24. The third kappa shape index (κ3) is 1.80. The first-order valence-corrected chi connectivity index (χ1v) is 3.91. The first kappa shape index (κ1) is 6.77. The van der Waals surface area contributed by atoms with Crippen LogP contribution in [0.1, 0.15) is 4.88 Å². The molecule has 0 radical (unpaired) electrons. The maximum Gasteiger partial charge on any atom is 0.0833 e. The smallest absolute Gasteiger partial charge is 0.0833 e. The van der Waals surface area contributed by atoms with Crippen LogP contribution in [0.3, 0.4) is 0 Å². The van der Waals surface area contributed by atoms with Gasteiger partial charge in [0.2, 0.25) is 0 Å². The van der Waals surface area contributed by atoms with Gasteiger partial charge in [-0.2, -0.15) is 0 Å². The summed E-state index contributed by atoms with van der Waals surface area (Å²) in [6.45, 7) is 0. The molecular weight excluding hydrogens is 202 g/mol. The van der Waals surface area contributed by atoms with E-state index in [2.05, 4.69) is 21.1 Å². The van der Waals surface area contributed by atoms with E-state index in [1.54, 1.807) is 0 Å². The molecule has 0 aliphatic heterocycles. The second-order valence-electron chi connectivity index (χ2n) is 1.41. The van der Waals surface area contributed by atoms with Gasteiger partial charge in [0.05, 0.1) is 6.21 Å². The molecule has 0 fully saturated rings. The zero-order chi connectivity index (χ0) is 6.69. The lowest BCUT2D eigenvalue weighted by Crippen LogP contribution is -1.68. The summed E-state index contributed by atoms with van der Waals surface area (Å²) < 4.78 is 1.02. The lowest BCUT2D eigenvalue weighted by molar-refractivity contribution is 0.322. The quantitative estimate of drug-likeness (QED) is 0.426. The molecule has 1 heterocycles. The topological polar surface area (TPSA) is 32.6 Å². The summed E-state index contributed by atoms with van der Waals surface area (Å²) >= 11 is 4.79. The van der Waals surface area contributed by atoms with Gasteiger partial charge in [-0.1, -0.05) is 5.16 Å². The highest BCUT2D eigenvalue weighted by atomic mass is 79.9. The summed E-state index contributed by atoms with van der Waals surface area (Å²) in [5.41, 5.74) is 0. The minimum absolute atomic E-state index is 0.935. The SMILES string of the molecule is O/N=C/c1cc(Br)cs1. The highest BCUT2D eigenvalue weighted by Gasteiger charge is 1.91. The predicted molar refractivity (Wildman–Crippen MR) is 41.4 cm³/mol. The van der Waals surface area contributed by atoms with E-state index < -0.39 is 0 Å². The molecule has 0 bridgehead atoms. The van der Waals surface area contributed by atoms with Crippen LogP contribution in [0.5, 0.6) is 0 Å². The maximum atomic E-state index is 8.09. The van der Waals surface area contributed by atoms with Gasteiger partial charge in [-0.15, -0.1) is 11.3 Å². The molecule has 1 N–H and O–H groups in total. The van der Waals surface area contributed by atoms with Crippen molar-refractivity contribution in [1.29, 1.82) is 0 Å². The van der Waals surface area contributed by atoms with Crippen LogP contribution < -0.4 is 0 Å². The van der Waals surface area contributed by atoms with Crippen LogP contribution in [-0.4, -0.2) is 11.4 Å². The van der Waals surface area contributed by atoms with Gasteiger partial charge in [0.1, 0.15) is 0 Å². The zero-order valence-corrected chi connectivity index (χ0v) is 6.82. The molecule has 0 aliphatic rings. The Bertz CT molecular complexity index is 220. The van der Waals surface area contributed by atoms with Crippen molar-refractivity contribution >= 4 is 33.5 Å². The minimum Gasteiger partial charge on any atom is -0.411 e. The number of thiophene rings is 1. The van der Waals surface area contributed by atoms with E-state index in [0.717, 1.165) is 9.35 Å². The monoisotopic (exact) mass is 205 g/mol. The number of nitrogens with zero attached hydrogens (tertiary/aromatic N) is 1. The largest absolute Gasteiger partial charge is 0.411 e. The van der Waals surface area contributed by atoms with Crippen LogP contribution in [0.25, 0.3) is 0 Å². The Kier molecular flexibility index (Phi) is 2.24. The number of hydrogen-bond donors (Lipinski definition) is 1. The number of rotatable bonds is 1. The first-order chi connectivity index (χ1) is 4.33. The molecule has 1 rings (SSSR count). The molecule has 0 atom stereocenters. The number of oxime groups is 1. The molecule has 9 heavy (non-hydrogen) atoms. The van der Waals surface area contributed by atoms with Crippen molar-refractivity contribution < 1.29 is 5.21 Å². The molecule has 0 saturated heterocycles. The van der Waals surface area contributed by atoms with Crippen LogP contribution in [0.15, 0.2) is 21.1 Å². The van der Waals surface area contributed by atoms with Crippen molar-refractivity contribution in [1.82, 2.24) is 0 Å². The zero-order valence-electron chi connectivity index (χ0n) is 4.41. The van der Waals surface area contributed by atoms with Crippen molar-refractivity contribution in [2.45, 2.75) is 0 Å². The van der Waals surface area contributed by atoms with Gasteiger partial charge < -0.3 is 5.21 Å². The Hall–Kier alpha value is -0.350. The normalized spacial score (nSPS) is 10.8. The van der Waals surface area contributed by atoms with Crippen molar-refractivity contribution in [3.8, 4) is 0 Å². The van der Waals surface area contributed by atoms with Crippen molar-refractivity contribution in [3.63, 3.8) is 0 Å². The van der Waals surface area contributed by atoms with Gasteiger partial charge in [-0.05, 0) is 22.0 Å². The number of halogens is 1. The van der Waals surface area contributed by atoms with Gasteiger partial charge in [0.15, 0.2) is 0 Å². The average molecular weight is 206 g/mol. The fourth-order valence-corrected chi connectivity index (χ4v) is 1.75. The third-order valence-electron chi connectivity index (χ3n) is 0.773. The van der Waals surface area contributed by atoms with Crippen molar-refractivity contribution in [2.75, 3.05) is 0 Å². The molecule has 1 aromatic rings. The molecule has 0 saturated carbocycles. The molecule has 0 amide bonds.